The van der Waals surface area contributed by atoms with Crippen molar-refractivity contribution < 1.29 is 18.4 Å². The molecule has 0 aliphatic carbocycles. The van der Waals surface area contributed by atoms with E-state index in [2.05, 4.69) is 15.3 Å². The quantitative estimate of drug-likeness (QED) is 0.359. The van der Waals surface area contributed by atoms with E-state index in [1.807, 2.05) is 6.07 Å². The molecule has 0 radical (unpaired) electrons. The van der Waals surface area contributed by atoms with E-state index >= 15 is 0 Å². The van der Waals surface area contributed by atoms with Crippen LogP contribution in [0.3, 0.4) is 0 Å². The van der Waals surface area contributed by atoms with Crippen molar-refractivity contribution in [1.29, 1.82) is 0 Å². The Morgan fingerprint density at radius 3 is 2.77 bits per heavy atom. The molecule has 0 atom stereocenters. The third-order valence-electron chi connectivity index (χ3n) is 5.25. The summed E-state index contributed by atoms with van der Waals surface area (Å²) in [7, 11) is 0. The number of nitrogen functional groups attached to an aromatic ring is 1. The Bertz CT molecular complexity index is 1380. The number of aromatic amines is 1. The number of H-pyrrole nitrogens is 1. The summed E-state index contributed by atoms with van der Waals surface area (Å²) < 4.78 is 28.6. The molecule has 0 fully saturated rings. The fraction of sp³-hybridized carbons (Fsp3) is 0.0455. The molecule has 1 aliphatic rings. The summed E-state index contributed by atoms with van der Waals surface area (Å²) in [5.74, 6) is -3.02. The number of hydrogen-bond acceptors (Lipinski definition) is 4. The van der Waals surface area contributed by atoms with Gasteiger partial charge < -0.3 is 16.0 Å². The number of fused-ring (bicyclic) bond motifs is 2. The van der Waals surface area contributed by atoms with E-state index < -0.39 is 23.0 Å². The monoisotopic (exact) mass is 404 g/mol. The summed E-state index contributed by atoms with van der Waals surface area (Å²) in [4.78, 5) is 31.9. The van der Waals surface area contributed by atoms with Crippen LogP contribution in [0.5, 0.6) is 0 Å². The van der Waals surface area contributed by atoms with Crippen molar-refractivity contribution in [3.05, 3.63) is 82.7 Å². The van der Waals surface area contributed by atoms with E-state index in [1.54, 1.807) is 24.4 Å². The molecule has 148 valence electrons. The Morgan fingerprint density at radius 1 is 1.10 bits per heavy atom. The van der Waals surface area contributed by atoms with Crippen molar-refractivity contribution in [2.75, 3.05) is 5.73 Å². The predicted molar refractivity (Wildman–Crippen MR) is 107 cm³/mol. The minimum atomic E-state index is -1.09. The minimum Gasteiger partial charge on any atom is -0.396 e. The number of aromatic nitrogens is 2. The fourth-order valence-electron chi connectivity index (χ4n) is 3.67. The van der Waals surface area contributed by atoms with Crippen LogP contribution in [0.4, 0.5) is 14.5 Å². The van der Waals surface area contributed by atoms with Gasteiger partial charge in [-0.15, -0.1) is 0 Å². The van der Waals surface area contributed by atoms with E-state index in [0.29, 0.717) is 28.7 Å². The first-order valence-electron chi connectivity index (χ1n) is 9.11. The number of carbonyl (C=O) groups is 2. The molecular formula is C22H14F2N4O2. The number of nitrogens with one attached hydrogen (secondary N) is 2. The smallest absolute Gasteiger partial charge is 0.251 e. The van der Waals surface area contributed by atoms with Crippen LogP contribution in [0.15, 0.2) is 48.8 Å². The van der Waals surface area contributed by atoms with Crippen LogP contribution in [-0.4, -0.2) is 21.7 Å². The Hall–Kier alpha value is -4.07. The summed E-state index contributed by atoms with van der Waals surface area (Å²) in [6.45, 7) is 0.444. The molecule has 0 spiro atoms. The van der Waals surface area contributed by atoms with E-state index in [1.165, 1.54) is 6.20 Å². The summed E-state index contributed by atoms with van der Waals surface area (Å²) in [6.07, 6.45) is 3.00. The van der Waals surface area contributed by atoms with Gasteiger partial charge in [0.05, 0.1) is 11.3 Å². The summed E-state index contributed by atoms with van der Waals surface area (Å²) in [5.41, 5.74) is 7.98. The maximum atomic E-state index is 14.4. The van der Waals surface area contributed by atoms with Crippen LogP contribution in [0.25, 0.3) is 22.2 Å². The average molecular weight is 404 g/mol. The third kappa shape index (κ3) is 2.65. The standard InChI is InChI=1S/C22H14F2N4O2/c23-16-3-4-17(25)19(24)18(16)20(29)15-9-27-21-14(15)6-11(7-26-21)10-1-2-13-12(5-10)8-28-22(13)30/h1-7,9H,8,25H2,(H,26,27)(H,28,30). The first kappa shape index (κ1) is 18.0. The number of nitrogens with two attached hydrogens (primary N) is 1. The first-order chi connectivity index (χ1) is 14.4. The second kappa shape index (κ2) is 6.48. The molecule has 0 saturated heterocycles. The Morgan fingerprint density at radius 2 is 1.93 bits per heavy atom. The molecule has 4 N–H and O–H groups in total. The van der Waals surface area contributed by atoms with Gasteiger partial charge in [-0.2, -0.15) is 0 Å². The molecule has 30 heavy (non-hydrogen) atoms. The van der Waals surface area contributed by atoms with Crippen LogP contribution in [0, 0.1) is 11.6 Å². The molecule has 0 bridgehead atoms. The van der Waals surface area contributed by atoms with E-state index in [4.69, 9.17) is 5.73 Å². The fourth-order valence-corrected chi connectivity index (χ4v) is 3.67. The van der Waals surface area contributed by atoms with Gasteiger partial charge in [-0.1, -0.05) is 6.07 Å². The number of amides is 1. The van der Waals surface area contributed by atoms with Crippen LogP contribution >= 0.6 is 0 Å². The number of pyridine rings is 1. The number of anilines is 1. The highest BCUT2D eigenvalue weighted by atomic mass is 19.1. The summed E-state index contributed by atoms with van der Waals surface area (Å²) in [6, 6.07) is 9.16. The zero-order valence-corrected chi connectivity index (χ0v) is 15.4. The highest BCUT2D eigenvalue weighted by Gasteiger charge is 2.24. The second-order valence-corrected chi connectivity index (χ2v) is 7.03. The van der Waals surface area contributed by atoms with Gasteiger partial charge in [0, 0.05) is 41.0 Å². The van der Waals surface area contributed by atoms with Crippen molar-refractivity contribution in [3.63, 3.8) is 0 Å². The maximum absolute atomic E-state index is 14.4. The Labute approximate surface area is 168 Å². The molecule has 8 heteroatoms. The van der Waals surface area contributed by atoms with Gasteiger partial charge in [0.2, 0.25) is 5.78 Å². The van der Waals surface area contributed by atoms with Crippen molar-refractivity contribution in [2.45, 2.75) is 6.54 Å². The molecule has 2 aromatic carbocycles. The Kier molecular flexibility index (Phi) is 3.89. The average Bonchev–Trinajstić information content (AvgIpc) is 3.34. The molecule has 0 unspecified atom stereocenters. The zero-order valence-electron chi connectivity index (χ0n) is 15.4. The second-order valence-electron chi connectivity index (χ2n) is 7.03. The van der Waals surface area contributed by atoms with Gasteiger partial charge in [-0.25, -0.2) is 13.8 Å². The largest absolute Gasteiger partial charge is 0.396 e. The zero-order chi connectivity index (χ0) is 21.0. The normalized spacial score (nSPS) is 12.8. The molecule has 5 rings (SSSR count). The number of benzene rings is 2. The predicted octanol–water partition coefficient (Wildman–Crippen LogP) is 3.56. The van der Waals surface area contributed by atoms with E-state index in [9.17, 15) is 18.4 Å². The van der Waals surface area contributed by atoms with Crippen LogP contribution in [-0.2, 0) is 6.54 Å². The number of nitrogens with zero attached hydrogens (tertiary/aromatic N) is 1. The first-order valence-corrected chi connectivity index (χ1v) is 9.11. The molecule has 4 aromatic rings. The summed E-state index contributed by atoms with van der Waals surface area (Å²) >= 11 is 0. The molecule has 1 aliphatic heterocycles. The minimum absolute atomic E-state index is 0.0840. The Balaban J connectivity index is 1.62. The lowest BCUT2D eigenvalue weighted by molar-refractivity contribution is 0.0964. The lowest BCUT2D eigenvalue weighted by atomic mass is 9.98. The van der Waals surface area contributed by atoms with Crippen LogP contribution in [0.1, 0.15) is 31.8 Å². The van der Waals surface area contributed by atoms with Gasteiger partial charge in [-0.05, 0) is 41.5 Å². The SMILES string of the molecule is Nc1ccc(F)c(C(=O)c2c[nH]c3ncc(-c4ccc5c(c4)CNC5=O)cc23)c1F. The van der Waals surface area contributed by atoms with Gasteiger partial charge in [0.1, 0.15) is 11.5 Å². The molecular weight excluding hydrogens is 390 g/mol. The highest BCUT2D eigenvalue weighted by Crippen LogP contribution is 2.30. The molecule has 2 aromatic heterocycles. The maximum Gasteiger partial charge on any atom is 0.251 e. The third-order valence-corrected chi connectivity index (χ3v) is 5.25. The molecule has 3 heterocycles. The highest BCUT2D eigenvalue weighted by molar-refractivity contribution is 6.16. The lowest BCUT2D eigenvalue weighted by Crippen LogP contribution is -2.12. The number of rotatable bonds is 3. The van der Waals surface area contributed by atoms with Gasteiger partial charge in [0.15, 0.2) is 5.82 Å². The number of carbonyl (C=O) groups excluding carboxylic acids is 2. The number of halogens is 2. The number of hydrogen-bond donors (Lipinski definition) is 3. The lowest BCUT2D eigenvalue weighted by Gasteiger charge is -2.07. The van der Waals surface area contributed by atoms with Gasteiger partial charge >= 0.3 is 0 Å². The van der Waals surface area contributed by atoms with Crippen molar-refractivity contribution in [2.24, 2.45) is 0 Å². The molecule has 0 saturated carbocycles. The van der Waals surface area contributed by atoms with E-state index in [-0.39, 0.29) is 17.2 Å². The number of ketones is 1. The van der Waals surface area contributed by atoms with Gasteiger partial charge in [0.25, 0.3) is 5.91 Å². The molecule has 1 amide bonds. The van der Waals surface area contributed by atoms with Crippen LogP contribution in [0.2, 0.25) is 0 Å². The van der Waals surface area contributed by atoms with E-state index in [0.717, 1.165) is 23.3 Å². The van der Waals surface area contributed by atoms with Crippen molar-refractivity contribution in [3.8, 4) is 11.1 Å². The summed E-state index contributed by atoms with van der Waals surface area (Å²) in [5, 5.41) is 3.19. The topological polar surface area (TPSA) is 101 Å². The van der Waals surface area contributed by atoms with Crippen molar-refractivity contribution in [1.82, 2.24) is 15.3 Å². The van der Waals surface area contributed by atoms with Crippen LogP contribution < -0.4 is 11.1 Å². The van der Waals surface area contributed by atoms with Gasteiger partial charge in [-0.3, -0.25) is 9.59 Å². The molecule has 6 nitrogen and oxygen atoms in total. The van der Waals surface area contributed by atoms with Crippen molar-refractivity contribution >= 4 is 28.4 Å².